The number of carbonyl (C=O) groups excluding carboxylic acids is 1. The van der Waals surface area contributed by atoms with Gasteiger partial charge in [0, 0.05) is 12.8 Å². The van der Waals surface area contributed by atoms with Crippen molar-refractivity contribution in [1.29, 1.82) is 0 Å². The van der Waals surface area contributed by atoms with Crippen LogP contribution >= 0.6 is 0 Å². The van der Waals surface area contributed by atoms with E-state index in [0.717, 1.165) is 19.3 Å². The van der Waals surface area contributed by atoms with Crippen molar-refractivity contribution < 1.29 is 14.6 Å². The van der Waals surface area contributed by atoms with Crippen LogP contribution in [0.1, 0.15) is 46.5 Å². The molecule has 1 aliphatic heterocycles. The first-order valence-corrected chi connectivity index (χ1v) is 5.79. The number of ether oxygens (including phenoxy) is 1. The van der Waals surface area contributed by atoms with Gasteiger partial charge in [-0.1, -0.05) is 13.8 Å². The summed E-state index contributed by atoms with van der Waals surface area (Å²) in [4.78, 5) is 11.9. The van der Waals surface area contributed by atoms with Crippen LogP contribution in [0.15, 0.2) is 0 Å². The molecule has 1 saturated heterocycles. The number of hydrogen-bond donors (Lipinski definition) is 1. The molecule has 2 aliphatic rings. The van der Waals surface area contributed by atoms with Crippen molar-refractivity contribution in [2.45, 2.75) is 58.2 Å². The number of rotatable bonds is 1. The minimum Gasteiger partial charge on any atom is -0.459 e. The van der Waals surface area contributed by atoms with Crippen molar-refractivity contribution in [2.24, 2.45) is 11.3 Å². The molecule has 1 saturated carbocycles. The maximum Gasteiger partial charge on any atom is 0.312 e. The molecule has 1 N–H and O–H groups in total. The van der Waals surface area contributed by atoms with Gasteiger partial charge in [-0.15, -0.1) is 0 Å². The SMILES string of the molecule is CC(C)C1(C)CC2(CCC(O)C2)OC1=O. The molecule has 1 spiro atoms. The first-order chi connectivity index (χ1) is 6.88. The Morgan fingerprint density at radius 2 is 2.20 bits per heavy atom. The lowest BCUT2D eigenvalue weighted by Gasteiger charge is -2.26. The second kappa shape index (κ2) is 3.21. The molecule has 0 aromatic heterocycles. The van der Waals surface area contributed by atoms with Crippen LogP contribution in [0.25, 0.3) is 0 Å². The van der Waals surface area contributed by atoms with E-state index in [1.165, 1.54) is 0 Å². The van der Waals surface area contributed by atoms with Crippen molar-refractivity contribution in [1.82, 2.24) is 0 Å². The van der Waals surface area contributed by atoms with Crippen molar-refractivity contribution in [3.8, 4) is 0 Å². The summed E-state index contributed by atoms with van der Waals surface area (Å²) in [6.07, 6.45) is 2.70. The predicted octanol–water partition coefficient (Wildman–Crippen LogP) is 1.88. The molecule has 0 bridgehead atoms. The van der Waals surface area contributed by atoms with E-state index in [9.17, 15) is 9.90 Å². The number of esters is 1. The van der Waals surface area contributed by atoms with Gasteiger partial charge in [-0.25, -0.2) is 0 Å². The molecule has 86 valence electrons. The van der Waals surface area contributed by atoms with Crippen LogP contribution in [0, 0.1) is 11.3 Å². The van der Waals surface area contributed by atoms with Crippen molar-refractivity contribution in [2.75, 3.05) is 0 Å². The van der Waals surface area contributed by atoms with Crippen LogP contribution in [-0.4, -0.2) is 22.8 Å². The first kappa shape index (κ1) is 10.9. The zero-order chi connectivity index (χ0) is 11.3. The molecular weight excluding hydrogens is 192 g/mol. The molecule has 2 fully saturated rings. The largest absolute Gasteiger partial charge is 0.459 e. The fourth-order valence-electron chi connectivity index (χ4n) is 2.85. The summed E-state index contributed by atoms with van der Waals surface area (Å²) in [7, 11) is 0. The minimum absolute atomic E-state index is 0.0772. The summed E-state index contributed by atoms with van der Waals surface area (Å²) in [6.45, 7) is 6.11. The lowest BCUT2D eigenvalue weighted by atomic mass is 9.73. The number of aliphatic hydroxyl groups excluding tert-OH is 1. The number of aliphatic hydroxyl groups is 1. The highest BCUT2D eigenvalue weighted by Crippen LogP contribution is 2.51. The van der Waals surface area contributed by atoms with E-state index in [-0.39, 0.29) is 23.1 Å². The predicted molar refractivity (Wildman–Crippen MR) is 56.2 cm³/mol. The van der Waals surface area contributed by atoms with Gasteiger partial charge in [0.15, 0.2) is 0 Å². The Morgan fingerprint density at radius 1 is 1.53 bits per heavy atom. The molecule has 1 aliphatic carbocycles. The Kier molecular flexibility index (Phi) is 2.34. The van der Waals surface area contributed by atoms with E-state index >= 15 is 0 Å². The van der Waals surface area contributed by atoms with Gasteiger partial charge in [-0.3, -0.25) is 4.79 Å². The smallest absolute Gasteiger partial charge is 0.312 e. The maximum atomic E-state index is 11.9. The van der Waals surface area contributed by atoms with Crippen LogP contribution < -0.4 is 0 Å². The van der Waals surface area contributed by atoms with Gasteiger partial charge in [0.05, 0.1) is 11.5 Å². The van der Waals surface area contributed by atoms with Crippen LogP contribution in [0.2, 0.25) is 0 Å². The highest BCUT2D eigenvalue weighted by Gasteiger charge is 2.57. The van der Waals surface area contributed by atoms with E-state index in [1.807, 2.05) is 6.92 Å². The zero-order valence-electron chi connectivity index (χ0n) is 9.75. The van der Waals surface area contributed by atoms with Gasteiger partial charge < -0.3 is 9.84 Å². The molecule has 3 nitrogen and oxygen atoms in total. The molecule has 3 unspecified atom stereocenters. The Morgan fingerprint density at radius 3 is 2.60 bits per heavy atom. The lowest BCUT2D eigenvalue weighted by molar-refractivity contribution is -0.154. The molecule has 15 heavy (non-hydrogen) atoms. The summed E-state index contributed by atoms with van der Waals surface area (Å²) in [6, 6.07) is 0. The van der Waals surface area contributed by atoms with Crippen LogP contribution in [0.5, 0.6) is 0 Å². The normalized spacial score (nSPS) is 45.4. The molecule has 1 heterocycles. The monoisotopic (exact) mass is 212 g/mol. The average Bonchev–Trinajstić information content (AvgIpc) is 2.57. The van der Waals surface area contributed by atoms with Gasteiger partial charge in [0.2, 0.25) is 0 Å². The van der Waals surface area contributed by atoms with Gasteiger partial charge in [0.1, 0.15) is 5.60 Å². The molecule has 3 heteroatoms. The number of carbonyl (C=O) groups is 1. The Balaban J connectivity index is 2.20. The van der Waals surface area contributed by atoms with Gasteiger partial charge >= 0.3 is 5.97 Å². The van der Waals surface area contributed by atoms with E-state index in [0.29, 0.717) is 12.3 Å². The highest BCUT2D eigenvalue weighted by molar-refractivity contribution is 5.79. The molecule has 0 radical (unpaired) electrons. The lowest BCUT2D eigenvalue weighted by Crippen LogP contribution is -2.29. The topological polar surface area (TPSA) is 46.5 Å². The average molecular weight is 212 g/mol. The molecule has 0 aromatic rings. The third-order valence-corrected chi connectivity index (χ3v) is 4.28. The molecule has 0 aromatic carbocycles. The van der Waals surface area contributed by atoms with Gasteiger partial charge in [0.25, 0.3) is 0 Å². The summed E-state index contributed by atoms with van der Waals surface area (Å²) in [5.41, 5.74) is -0.709. The van der Waals surface area contributed by atoms with Crippen LogP contribution in [-0.2, 0) is 9.53 Å². The Hall–Kier alpha value is -0.570. The van der Waals surface area contributed by atoms with Crippen LogP contribution in [0.4, 0.5) is 0 Å². The summed E-state index contributed by atoms with van der Waals surface area (Å²) in [5, 5.41) is 9.56. The Labute approximate surface area is 90.8 Å². The first-order valence-electron chi connectivity index (χ1n) is 5.79. The summed E-state index contributed by atoms with van der Waals surface area (Å²) < 4.78 is 5.56. The van der Waals surface area contributed by atoms with E-state index in [1.54, 1.807) is 0 Å². The molecule has 0 amide bonds. The molecule has 3 atom stereocenters. The second-order valence-electron chi connectivity index (χ2n) is 5.72. The van der Waals surface area contributed by atoms with E-state index in [2.05, 4.69) is 13.8 Å². The van der Waals surface area contributed by atoms with Crippen molar-refractivity contribution in [3.63, 3.8) is 0 Å². The fourth-order valence-corrected chi connectivity index (χ4v) is 2.85. The summed E-state index contributed by atoms with van der Waals surface area (Å²) in [5.74, 6) is 0.216. The third kappa shape index (κ3) is 1.57. The standard InChI is InChI=1S/C12H20O3/c1-8(2)11(3)7-12(15-10(11)14)5-4-9(13)6-12/h8-9,13H,4-7H2,1-3H3. The number of hydrogen-bond acceptors (Lipinski definition) is 3. The third-order valence-electron chi connectivity index (χ3n) is 4.28. The zero-order valence-corrected chi connectivity index (χ0v) is 9.75. The Bertz CT molecular complexity index is 287. The van der Waals surface area contributed by atoms with E-state index in [4.69, 9.17) is 4.74 Å². The van der Waals surface area contributed by atoms with Gasteiger partial charge in [-0.2, -0.15) is 0 Å². The van der Waals surface area contributed by atoms with E-state index < -0.39 is 0 Å². The van der Waals surface area contributed by atoms with Crippen molar-refractivity contribution >= 4 is 5.97 Å². The molecular formula is C12H20O3. The minimum atomic E-state index is -0.357. The van der Waals surface area contributed by atoms with Gasteiger partial charge in [-0.05, 0) is 25.7 Å². The summed E-state index contributed by atoms with van der Waals surface area (Å²) >= 11 is 0. The van der Waals surface area contributed by atoms with Crippen LogP contribution in [0.3, 0.4) is 0 Å². The maximum absolute atomic E-state index is 11.9. The quantitative estimate of drug-likeness (QED) is 0.675. The fraction of sp³-hybridized carbons (Fsp3) is 0.917. The second-order valence-corrected chi connectivity index (χ2v) is 5.72. The highest BCUT2D eigenvalue weighted by atomic mass is 16.6. The van der Waals surface area contributed by atoms with Crippen molar-refractivity contribution in [3.05, 3.63) is 0 Å². The molecule has 2 rings (SSSR count).